The number of carbonyl (C=O) groups is 2. The van der Waals surface area contributed by atoms with Gasteiger partial charge in [0.05, 0.1) is 32.9 Å². The maximum atomic E-state index is 12.2. The number of nitrogens with one attached hydrogen (secondary N) is 1. The monoisotopic (exact) mass is 373 g/mol. The van der Waals surface area contributed by atoms with Gasteiger partial charge >= 0.3 is 5.97 Å². The van der Waals surface area contributed by atoms with Crippen molar-refractivity contribution in [3.05, 3.63) is 53.6 Å². The number of rotatable bonds is 8. The lowest BCUT2D eigenvalue weighted by atomic mass is 10.1. The van der Waals surface area contributed by atoms with Crippen LogP contribution in [-0.2, 0) is 9.53 Å². The number of para-hydroxylation sites is 1. The van der Waals surface area contributed by atoms with Crippen LogP contribution >= 0.6 is 0 Å². The fraction of sp³-hybridized carbons (Fsp3) is 0.300. The van der Waals surface area contributed by atoms with Gasteiger partial charge in [-0.25, -0.2) is 4.79 Å². The smallest absolute Gasteiger partial charge is 0.337 e. The predicted molar refractivity (Wildman–Crippen MR) is 99.4 cm³/mol. The Morgan fingerprint density at radius 3 is 2.33 bits per heavy atom. The zero-order chi connectivity index (χ0) is 19.8. The molecule has 1 unspecified atom stereocenters. The van der Waals surface area contributed by atoms with E-state index < -0.39 is 5.97 Å². The van der Waals surface area contributed by atoms with Crippen LogP contribution in [0.3, 0.4) is 0 Å². The number of hydrogen-bond acceptors (Lipinski definition) is 6. The molecule has 7 heteroatoms. The highest BCUT2D eigenvalue weighted by molar-refractivity contribution is 5.90. The zero-order valence-corrected chi connectivity index (χ0v) is 15.8. The van der Waals surface area contributed by atoms with Crippen molar-refractivity contribution in [2.75, 3.05) is 27.9 Å². The Hall–Kier alpha value is -3.22. The first-order valence-electron chi connectivity index (χ1n) is 8.31. The molecule has 2 aromatic rings. The van der Waals surface area contributed by atoms with Crippen LogP contribution in [0.25, 0.3) is 0 Å². The molecule has 0 saturated carbocycles. The van der Waals surface area contributed by atoms with Gasteiger partial charge in [0.1, 0.15) is 5.75 Å². The highest BCUT2D eigenvalue weighted by Crippen LogP contribution is 2.28. The molecule has 0 radical (unpaired) electrons. The number of ether oxygens (including phenoxy) is 4. The maximum absolute atomic E-state index is 12.2. The van der Waals surface area contributed by atoms with E-state index in [0.29, 0.717) is 22.8 Å². The first kappa shape index (κ1) is 20.1. The average Bonchev–Trinajstić information content (AvgIpc) is 2.71. The number of amides is 1. The molecule has 0 bridgehead atoms. The molecule has 7 nitrogen and oxygen atoms in total. The molecule has 27 heavy (non-hydrogen) atoms. The number of benzene rings is 2. The van der Waals surface area contributed by atoms with Gasteiger partial charge in [-0.2, -0.15) is 0 Å². The van der Waals surface area contributed by atoms with Crippen LogP contribution in [0.2, 0.25) is 0 Å². The van der Waals surface area contributed by atoms with Crippen LogP contribution < -0.4 is 19.5 Å². The predicted octanol–water partition coefficient (Wildman–Crippen LogP) is 2.75. The van der Waals surface area contributed by atoms with E-state index >= 15 is 0 Å². The molecule has 0 aliphatic heterocycles. The maximum Gasteiger partial charge on any atom is 0.337 e. The van der Waals surface area contributed by atoms with Crippen LogP contribution in [0.4, 0.5) is 0 Å². The lowest BCUT2D eigenvalue weighted by molar-refractivity contribution is -0.123. The van der Waals surface area contributed by atoms with Crippen molar-refractivity contribution < 1.29 is 28.5 Å². The quantitative estimate of drug-likeness (QED) is 0.717. The van der Waals surface area contributed by atoms with Gasteiger partial charge in [-0.1, -0.05) is 18.2 Å². The lowest BCUT2D eigenvalue weighted by Gasteiger charge is -2.18. The fourth-order valence-electron chi connectivity index (χ4n) is 2.56. The minimum atomic E-state index is -0.483. The van der Waals surface area contributed by atoms with E-state index in [1.54, 1.807) is 19.2 Å². The fourth-order valence-corrected chi connectivity index (χ4v) is 2.56. The summed E-state index contributed by atoms with van der Waals surface area (Å²) >= 11 is 0. The molecule has 0 heterocycles. The summed E-state index contributed by atoms with van der Waals surface area (Å²) in [7, 11) is 4.33. The van der Waals surface area contributed by atoms with Crippen LogP contribution in [-0.4, -0.2) is 39.8 Å². The van der Waals surface area contributed by atoms with E-state index in [9.17, 15) is 9.59 Å². The Labute approximate surface area is 158 Å². The third kappa shape index (κ3) is 5.13. The van der Waals surface area contributed by atoms with Gasteiger partial charge in [0.25, 0.3) is 5.91 Å². The van der Waals surface area contributed by atoms with Crippen LogP contribution in [0, 0.1) is 0 Å². The van der Waals surface area contributed by atoms with Crippen molar-refractivity contribution >= 4 is 11.9 Å². The number of hydrogen-bond donors (Lipinski definition) is 1. The number of methoxy groups -OCH3 is 3. The normalized spacial score (nSPS) is 11.3. The standard InChI is InChI=1S/C20H23NO6/c1-13(15-7-5-6-8-16(15)24-2)21-19(22)12-27-17-10-9-14(20(23)26-4)11-18(17)25-3/h5-11,13H,12H2,1-4H3,(H,21,22). The van der Waals surface area contributed by atoms with E-state index in [1.807, 2.05) is 31.2 Å². The van der Waals surface area contributed by atoms with Gasteiger partial charge in [-0.05, 0) is 31.2 Å². The summed E-state index contributed by atoms with van der Waals surface area (Å²) in [5, 5.41) is 2.86. The Balaban J connectivity index is 2.00. The van der Waals surface area contributed by atoms with Crippen molar-refractivity contribution in [2.24, 2.45) is 0 Å². The van der Waals surface area contributed by atoms with Gasteiger partial charge in [0, 0.05) is 5.56 Å². The molecule has 1 amide bonds. The van der Waals surface area contributed by atoms with Gasteiger partial charge in [0.15, 0.2) is 18.1 Å². The summed E-state index contributed by atoms with van der Waals surface area (Å²) in [4.78, 5) is 23.8. The first-order valence-corrected chi connectivity index (χ1v) is 8.31. The van der Waals surface area contributed by atoms with E-state index in [0.717, 1.165) is 5.56 Å². The molecule has 2 aromatic carbocycles. The SMILES string of the molecule is COC(=O)c1ccc(OCC(=O)NC(C)c2ccccc2OC)c(OC)c1. The van der Waals surface area contributed by atoms with Crippen molar-refractivity contribution in [1.29, 1.82) is 0 Å². The van der Waals surface area contributed by atoms with Crippen molar-refractivity contribution in [3.63, 3.8) is 0 Å². The van der Waals surface area contributed by atoms with Gasteiger partial charge in [-0.15, -0.1) is 0 Å². The summed E-state index contributed by atoms with van der Waals surface area (Å²) in [6.45, 7) is 1.66. The highest BCUT2D eigenvalue weighted by Gasteiger charge is 2.16. The van der Waals surface area contributed by atoms with E-state index in [-0.39, 0.29) is 18.6 Å². The Kier molecular flexibility index (Phi) is 7.05. The number of carbonyl (C=O) groups excluding carboxylic acids is 2. The summed E-state index contributed by atoms with van der Waals surface area (Å²) in [6, 6.07) is 11.8. The molecular formula is C20H23NO6. The zero-order valence-electron chi connectivity index (χ0n) is 15.8. The van der Waals surface area contributed by atoms with E-state index in [1.165, 1.54) is 20.3 Å². The van der Waals surface area contributed by atoms with E-state index in [2.05, 4.69) is 10.1 Å². The summed E-state index contributed by atoms with van der Waals surface area (Å²) < 4.78 is 20.7. The molecule has 1 N–H and O–H groups in total. The van der Waals surface area contributed by atoms with Crippen LogP contribution in [0.15, 0.2) is 42.5 Å². The molecule has 0 spiro atoms. The third-order valence-electron chi connectivity index (χ3n) is 3.93. The molecule has 1 atom stereocenters. The van der Waals surface area contributed by atoms with Crippen LogP contribution in [0.1, 0.15) is 28.9 Å². The Morgan fingerprint density at radius 2 is 1.67 bits per heavy atom. The molecule has 2 rings (SSSR count). The van der Waals surface area contributed by atoms with Crippen LogP contribution in [0.5, 0.6) is 17.2 Å². The highest BCUT2D eigenvalue weighted by atomic mass is 16.5. The topological polar surface area (TPSA) is 83.1 Å². The minimum absolute atomic E-state index is 0.201. The van der Waals surface area contributed by atoms with Crippen molar-refractivity contribution in [2.45, 2.75) is 13.0 Å². The molecule has 144 valence electrons. The first-order chi connectivity index (χ1) is 13.0. The summed E-state index contributed by atoms with van der Waals surface area (Å²) in [5.74, 6) is 0.607. The second-order valence-electron chi connectivity index (χ2n) is 5.68. The molecule has 0 aliphatic carbocycles. The van der Waals surface area contributed by atoms with Gasteiger partial charge in [0.2, 0.25) is 0 Å². The van der Waals surface area contributed by atoms with E-state index in [4.69, 9.17) is 14.2 Å². The molecule has 0 aliphatic rings. The summed E-state index contributed by atoms with van der Waals surface area (Å²) in [6.07, 6.45) is 0. The van der Waals surface area contributed by atoms with Crippen molar-refractivity contribution in [1.82, 2.24) is 5.32 Å². The molecule has 0 saturated heterocycles. The molecule has 0 aromatic heterocycles. The average molecular weight is 373 g/mol. The molecule has 0 fully saturated rings. The Morgan fingerprint density at radius 1 is 0.963 bits per heavy atom. The van der Waals surface area contributed by atoms with Crippen molar-refractivity contribution in [3.8, 4) is 17.2 Å². The lowest BCUT2D eigenvalue weighted by Crippen LogP contribution is -2.31. The third-order valence-corrected chi connectivity index (χ3v) is 3.93. The largest absolute Gasteiger partial charge is 0.496 e. The second kappa shape index (κ2) is 9.47. The number of esters is 1. The summed E-state index contributed by atoms with van der Waals surface area (Å²) in [5.41, 5.74) is 1.20. The second-order valence-corrected chi connectivity index (χ2v) is 5.68. The van der Waals surface area contributed by atoms with Gasteiger partial charge in [-0.3, -0.25) is 4.79 Å². The van der Waals surface area contributed by atoms with Gasteiger partial charge < -0.3 is 24.3 Å². The minimum Gasteiger partial charge on any atom is -0.496 e. The molecular weight excluding hydrogens is 350 g/mol. The Bertz CT molecular complexity index is 805.